The van der Waals surface area contributed by atoms with Crippen LogP contribution in [0.5, 0.6) is 11.5 Å². The summed E-state index contributed by atoms with van der Waals surface area (Å²) in [4.78, 5) is 51.1. The fourth-order valence-electron chi connectivity index (χ4n) is 7.07. The van der Waals surface area contributed by atoms with Gasteiger partial charge < -0.3 is 40.4 Å². The van der Waals surface area contributed by atoms with Crippen LogP contribution in [0.3, 0.4) is 0 Å². The van der Waals surface area contributed by atoms with Crippen LogP contribution in [0.25, 0.3) is 21.9 Å². The number of carbonyl (C=O) groups is 4. The molecule has 0 spiro atoms. The first kappa shape index (κ1) is 46.5. The summed E-state index contributed by atoms with van der Waals surface area (Å²) in [5.41, 5.74) is 18.8. The highest BCUT2D eigenvalue weighted by atomic mass is 16.5. The highest BCUT2D eigenvalue weighted by Crippen LogP contribution is 2.29. The SMILES string of the molecule is CCCc1ccc2oc(N(C=O)CCOc3ccc(C(=O)Nc4ccccc4N)cc3)cc2c1.CCc1ccc2oc(N(C=O)CCOc3ccc(C(=O)Nc4ccccc4N)cc3)cc2c1. The number of fused-ring (bicyclic) bond motifs is 2. The lowest BCUT2D eigenvalue weighted by Crippen LogP contribution is -2.26. The Morgan fingerprint density at radius 1 is 0.567 bits per heavy atom. The monoisotopic (exact) mass is 900 g/mol. The summed E-state index contributed by atoms with van der Waals surface area (Å²) < 4.78 is 23.2. The minimum Gasteiger partial charge on any atom is -0.492 e. The molecule has 14 nitrogen and oxygen atoms in total. The molecule has 0 saturated heterocycles. The van der Waals surface area contributed by atoms with Gasteiger partial charge in [-0.3, -0.25) is 29.0 Å². The largest absolute Gasteiger partial charge is 0.492 e. The van der Waals surface area contributed by atoms with Gasteiger partial charge in [0.2, 0.25) is 24.6 Å². The number of furan rings is 2. The predicted octanol–water partition coefficient (Wildman–Crippen LogP) is 10.1. The lowest BCUT2D eigenvalue weighted by Gasteiger charge is -2.14. The standard InChI is InChI=1S/C27H27N3O4.C26H25N3O4/c1-2-5-19-8-13-25-21(16-19)17-26(34-25)30(18-31)14-15-33-22-11-9-20(10-12-22)27(32)29-24-7-4-3-6-23(24)28;1-2-18-7-12-24-20(15-18)16-25(33-24)29(17-30)13-14-32-21-10-8-19(9-11-21)26(31)28-23-6-4-3-5-22(23)27/h3-4,6-13,16-18H,2,5,14-15,28H2,1H3,(H,29,32);3-12,15-17H,2,13-14,27H2,1H3,(H,28,31). The third kappa shape index (κ3) is 12.2. The summed E-state index contributed by atoms with van der Waals surface area (Å²) in [6.45, 7) is 5.41. The van der Waals surface area contributed by atoms with E-state index in [0.29, 0.717) is 70.2 Å². The second kappa shape index (κ2) is 22.4. The summed E-state index contributed by atoms with van der Waals surface area (Å²) in [7, 11) is 0. The van der Waals surface area contributed by atoms with E-state index in [2.05, 4.69) is 36.6 Å². The van der Waals surface area contributed by atoms with E-state index in [1.807, 2.05) is 36.4 Å². The molecule has 0 bridgehead atoms. The fraction of sp³-hybridized carbons (Fsp3) is 0.170. The van der Waals surface area contributed by atoms with Crippen molar-refractivity contribution in [1.29, 1.82) is 0 Å². The number of benzene rings is 6. The summed E-state index contributed by atoms with van der Waals surface area (Å²) in [5.74, 6) is 1.62. The molecular weight excluding hydrogens is 849 g/mol. The van der Waals surface area contributed by atoms with Gasteiger partial charge in [0, 0.05) is 34.0 Å². The van der Waals surface area contributed by atoms with Gasteiger partial charge in [-0.25, -0.2) is 0 Å². The van der Waals surface area contributed by atoms with Crippen molar-refractivity contribution >= 4 is 81.1 Å². The smallest absolute Gasteiger partial charge is 0.255 e. The quantitative estimate of drug-likeness (QED) is 0.0448. The van der Waals surface area contributed by atoms with Crippen molar-refractivity contribution in [2.24, 2.45) is 0 Å². The number of nitrogens with one attached hydrogen (secondary N) is 2. The summed E-state index contributed by atoms with van der Waals surface area (Å²) in [6, 6.07) is 43.5. The Kier molecular flexibility index (Phi) is 15.5. The van der Waals surface area contributed by atoms with Gasteiger partial charge in [-0.15, -0.1) is 0 Å². The molecule has 2 aromatic heterocycles. The molecule has 0 saturated carbocycles. The van der Waals surface area contributed by atoms with Crippen LogP contribution in [0, 0.1) is 0 Å². The Morgan fingerprint density at radius 3 is 1.42 bits per heavy atom. The molecule has 4 amide bonds. The maximum Gasteiger partial charge on any atom is 0.255 e. The molecule has 6 aromatic carbocycles. The molecule has 0 atom stereocenters. The van der Waals surface area contributed by atoms with Crippen LogP contribution in [0.2, 0.25) is 0 Å². The fourth-order valence-corrected chi connectivity index (χ4v) is 7.07. The topological polar surface area (TPSA) is 196 Å². The molecule has 6 N–H and O–H groups in total. The van der Waals surface area contributed by atoms with Crippen molar-refractivity contribution in [1.82, 2.24) is 0 Å². The molecule has 0 aliphatic carbocycles. The normalized spacial score (nSPS) is 10.7. The molecule has 2 heterocycles. The number of nitrogens with zero attached hydrogens (tertiary/aromatic N) is 2. The first-order chi connectivity index (χ1) is 32.6. The van der Waals surface area contributed by atoms with E-state index in [4.69, 9.17) is 29.8 Å². The molecule has 0 radical (unpaired) electrons. The predicted molar refractivity (Wildman–Crippen MR) is 264 cm³/mol. The number of ether oxygens (including phenoxy) is 2. The number of anilines is 6. The van der Waals surface area contributed by atoms with Gasteiger partial charge >= 0.3 is 0 Å². The molecule has 8 aromatic rings. The second-order valence-corrected chi connectivity index (χ2v) is 15.4. The van der Waals surface area contributed by atoms with Crippen molar-refractivity contribution in [2.45, 2.75) is 33.1 Å². The maximum absolute atomic E-state index is 12.4. The van der Waals surface area contributed by atoms with Gasteiger partial charge in [0.15, 0.2) is 0 Å². The molecule has 8 rings (SSSR count). The summed E-state index contributed by atoms with van der Waals surface area (Å²) >= 11 is 0. The number of carbonyl (C=O) groups excluding carboxylic acids is 4. The number of aryl methyl sites for hydroxylation is 2. The average Bonchev–Trinajstić information content (AvgIpc) is 3.98. The van der Waals surface area contributed by atoms with Crippen molar-refractivity contribution in [3.8, 4) is 11.5 Å². The zero-order valence-corrected chi connectivity index (χ0v) is 37.3. The van der Waals surface area contributed by atoms with Crippen LogP contribution in [-0.4, -0.2) is 50.9 Å². The van der Waals surface area contributed by atoms with Crippen LogP contribution in [0.4, 0.5) is 34.5 Å². The van der Waals surface area contributed by atoms with E-state index in [1.165, 1.54) is 20.9 Å². The van der Waals surface area contributed by atoms with Crippen molar-refractivity contribution in [3.63, 3.8) is 0 Å². The van der Waals surface area contributed by atoms with Crippen molar-refractivity contribution < 1.29 is 37.5 Å². The Labute approximate surface area is 388 Å². The highest BCUT2D eigenvalue weighted by molar-refractivity contribution is 6.06. The number of nitrogens with two attached hydrogens (primary N) is 2. The Hall–Kier alpha value is -8.52. The van der Waals surface area contributed by atoms with E-state index < -0.39 is 0 Å². The maximum atomic E-state index is 12.4. The highest BCUT2D eigenvalue weighted by Gasteiger charge is 2.15. The average molecular weight is 901 g/mol. The molecule has 342 valence electrons. The van der Waals surface area contributed by atoms with E-state index >= 15 is 0 Å². The zero-order chi connectivity index (χ0) is 47.1. The number of rotatable bonds is 19. The Morgan fingerprint density at radius 2 is 1.00 bits per heavy atom. The number of hydrogen-bond acceptors (Lipinski definition) is 10. The van der Waals surface area contributed by atoms with Crippen LogP contribution in [0.1, 0.15) is 52.1 Å². The lowest BCUT2D eigenvalue weighted by molar-refractivity contribution is -0.108. The Bertz CT molecular complexity index is 2950. The molecule has 67 heavy (non-hydrogen) atoms. The summed E-state index contributed by atoms with van der Waals surface area (Å²) in [6.07, 6.45) is 4.47. The second-order valence-electron chi connectivity index (χ2n) is 15.4. The molecule has 0 aliphatic rings. The van der Waals surface area contributed by atoms with Crippen LogP contribution < -0.4 is 41.4 Å². The van der Waals surface area contributed by atoms with Crippen molar-refractivity contribution in [3.05, 3.63) is 168 Å². The van der Waals surface area contributed by atoms with Gasteiger partial charge in [-0.2, -0.15) is 0 Å². The van der Waals surface area contributed by atoms with E-state index in [0.717, 1.165) is 54.0 Å². The van der Waals surface area contributed by atoms with Crippen molar-refractivity contribution in [2.75, 3.05) is 58.2 Å². The van der Waals surface area contributed by atoms with Gasteiger partial charge in [-0.1, -0.05) is 56.7 Å². The molecule has 0 fully saturated rings. The van der Waals surface area contributed by atoms with Gasteiger partial charge in [-0.05, 0) is 121 Å². The Balaban J connectivity index is 0.000000199. The van der Waals surface area contributed by atoms with Gasteiger partial charge in [0.1, 0.15) is 35.9 Å². The van der Waals surface area contributed by atoms with Gasteiger partial charge in [0.25, 0.3) is 11.8 Å². The van der Waals surface area contributed by atoms with Crippen LogP contribution >= 0.6 is 0 Å². The first-order valence-electron chi connectivity index (χ1n) is 21.9. The first-order valence-corrected chi connectivity index (χ1v) is 21.9. The number of amides is 4. The number of nitrogen functional groups attached to an aromatic ring is 2. The minimum absolute atomic E-state index is 0.261. The molecule has 0 unspecified atom stereocenters. The van der Waals surface area contributed by atoms with Crippen LogP contribution in [-0.2, 0) is 22.4 Å². The lowest BCUT2D eigenvalue weighted by atomic mass is 10.1. The summed E-state index contributed by atoms with van der Waals surface area (Å²) in [5, 5.41) is 7.51. The van der Waals surface area contributed by atoms with E-state index in [9.17, 15) is 19.2 Å². The molecule has 0 aliphatic heterocycles. The third-order valence-electron chi connectivity index (χ3n) is 10.8. The van der Waals surface area contributed by atoms with E-state index in [1.54, 1.807) is 97.1 Å². The zero-order valence-electron chi connectivity index (χ0n) is 37.3. The molecular formula is C53H52N6O8. The van der Waals surface area contributed by atoms with Crippen LogP contribution in [0.15, 0.2) is 154 Å². The minimum atomic E-state index is -0.261. The number of hydrogen-bond donors (Lipinski definition) is 4. The van der Waals surface area contributed by atoms with E-state index in [-0.39, 0.29) is 25.0 Å². The van der Waals surface area contributed by atoms with Gasteiger partial charge in [0.05, 0.1) is 35.8 Å². The number of para-hydroxylation sites is 4. The molecule has 14 heteroatoms. The third-order valence-corrected chi connectivity index (χ3v) is 10.8.